The Morgan fingerprint density at radius 1 is 1.10 bits per heavy atom. The zero-order chi connectivity index (χ0) is 20.2. The van der Waals surface area contributed by atoms with Crippen molar-refractivity contribution in [1.29, 1.82) is 0 Å². The molecule has 7 heteroatoms. The van der Waals surface area contributed by atoms with Crippen LogP contribution in [0.15, 0.2) is 70.5 Å². The molecule has 3 aromatic rings. The van der Waals surface area contributed by atoms with Gasteiger partial charge in [0.25, 0.3) is 0 Å². The minimum absolute atomic E-state index is 0.735. The van der Waals surface area contributed by atoms with Gasteiger partial charge in [0.15, 0.2) is 5.96 Å². The molecule has 0 bridgehead atoms. The highest BCUT2D eigenvalue weighted by atomic mass is 16.5. The van der Waals surface area contributed by atoms with Gasteiger partial charge in [-0.05, 0) is 48.7 Å². The number of hydrogen-bond donors (Lipinski definition) is 2. The van der Waals surface area contributed by atoms with E-state index in [2.05, 4.69) is 27.9 Å². The predicted molar refractivity (Wildman–Crippen MR) is 114 cm³/mol. The van der Waals surface area contributed by atoms with Gasteiger partial charge in [-0.3, -0.25) is 9.67 Å². The van der Waals surface area contributed by atoms with Crippen LogP contribution in [0, 0.1) is 0 Å². The highest BCUT2D eigenvalue weighted by Gasteiger charge is 2.02. The SMILES string of the molecule is COc1ccc(CCNC(=NCCCn2cccn2)NCCc2ccco2)cc1. The number of benzene rings is 1. The van der Waals surface area contributed by atoms with Gasteiger partial charge >= 0.3 is 0 Å². The maximum atomic E-state index is 5.39. The first kappa shape index (κ1) is 20.5. The van der Waals surface area contributed by atoms with Gasteiger partial charge in [0.05, 0.1) is 13.4 Å². The number of hydrogen-bond acceptors (Lipinski definition) is 4. The molecule has 0 amide bonds. The van der Waals surface area contributed by atoms with Crippen molar-refractivity contribution < 1.29 is 9.15 Å². The molecule has 0 unspecified atom stereocenters. The van der Waals surface area contributed by atoms with E-state index in [1.54, 1.807) is 19.6 Å². The first-order chi connectivity index (χ1) is 14.3. The van der Waals surface area contributed by atoms with Crippen LogP contribution in [0.1, 0.15) is 17.7 Å². The molecule has 3 rings (SSSR count). The maximum absolute atomic E-state index is 5.39. The average molecular weight is 396 g/mol. The largest absolute Gasteiger partial charge is 0.497 e. The fourth-order valence-corrected chi connectivity index (χ4v) is 2.91. The number of nitrogens with zero attached hydrogens (tertiary/aromatic N) is 3. The summed E-state index contributed by atoms with van der Waals surface area (Å²) in [4.78, 5) is 4.70. The fourth-order valence-electron chi connectivity index (χ4n) is 2.91. The van der Waals surface area contributed by atoms with Crippen LogP contribution in [-0.4, -0.2) is 42.5 Å². The number of furan rings is 1. The first-order valence-corrected chi connectivity index (χ1v) is 9.98. The van der Waals surface area contributed by atoms with Gasteiger partial charge in [0, 0.05) is 45.0 Å². The van der Waals surface area contributed by atoms with Crippen molar-refractivity contribution in [3.8, 4) is 5.75 Å². The van der Waals surface area contributed by atoms with Crippen molar-refractivity contribution in [3.05, 3.63) is 72.4 Å². The van der Waals surface area contributed by atoms with Gasteiger partial charge in [0.2, 0.25) is 0 Å². The minimum Gasteiger partial charge on any atom is -0.497 e. The molecule has 2 aromatic heterocycles. The van der Waals surface area contributed by atoms with E-state index in [1.165, 1.54) is 5.56 Å². The van der Waals surface area contributed by atoms with E-state index in [4.69, 9.17) is 14.1 Å². The molecule has 0 fully saturated rings. The van der Waals surface area contributed by atoms with Crippen molar-refractivity contribution >= 4 is 5.96 Å². The van der Waals surface area contributed by atoms with Gasteiger partial charge in [0.1, 0.15) is 11.5 Å². The molecule has 0 spiro atoms. The van der Waals surface area contributed by atoms with E-state index in [0.29, 0.717) is 0 Å². The fraction of sp³-hybridized carbons (Fsp3) is 0.364. The number of aryl methyl sites for hydroxylation is 1. The second-order valence-electron chi connectivity index (χ2n) is 6.63. The summed E-state index contributed by atoms with van der Waals surface area (Å²) < 4.78 is 12.5. The van der Waals surface area contributed by atoms with Crippen molar-refractivity contribution in [3.63, 3.8) is 0 Å². The molecular weight excluding hydrogens is 366 g/mol. The van der Waals surface area contributed by atoms with E-state index >= 15 is 0 Å². The van der Waals surface area contributed by atoms with Crippen LogP contribution >= 0.6 is 0 Å². The number of nitrogens with one attached hydrogen (secondary N) is 2. The lowest BCUT2D eigenvalue weighted by Crippen LogP contribution is -2.39. The monoisotopic (exact) mass is 395 g/mol. The van der Waals surface area contributed by atoms with Gasteiger partial charge in [-0.25, -0.2) is 0 Å². The van der Waals surface area contributed by atoms with E-state index in [9.17, 15) is 0 Å². The Balaban J connectivity index is 1.45. The van der Waals surface area contributed by atoms with Crippen molar-refractivity contribution in [2.45, 2.75) is 25.8 Å². The van der Waals surface area contributed by atoms with E-state index < -0.39 is 0 Å². The summed E-state index contributed by atoms with van der Waals surface area (Å²) in [6, 6.07) is 14.0. The molecule has 0 saturated heterocycles. The molecular formula is C22H29N5O2. The molecule has 0 aliphatic rings. The van der Waals surface area contributed by atoms with Crippen LogP contribution in [0.5, 0.6) is 5.75 Å². The predicted octanol–water partition coefficient (Wildman–Crippen LogP) is 2.90. The quantitative estimate of drug-likeness (QED) is 0.297. The average Bonchev–Trinajstić information content (AvgIpc) is 3.45. The molecule has 154 valence electrons. The molecule has 0 atom stereocenters. The number of ether oxygens (including phenoxy) is 1. The topological polar surface area (TPSA) is 76.6 Å². The van der Waals surface area contributed by atoms with Crippen molar-refractivity contribution in [2.24, 2.45) is 4.99 Å². The Hall–Kier alpha value is -3.22. The van der Waals surface area contributed by atoms with Crippen LogP contribution in [0.25, 0.3) is 0 Å². The second-order valence-corrected chi connectivity index (χ2v) is 6.63. The normalized spacial score (nSPS) is 11.4. The molecule has 0 radical (unpaired) electrons. The summed E-state index contributed by atoms with van der Waals surface area (Å²) >= 11 is 0. The van der Waals surface area contributed by atoms with E-state index in [-0.39, 0.29) is 0 Å². The Bertz CT molecular complexity index is 827. The van der Waals surface area contributed by atoms with Gasteiger partial charge < -0.3 is 19.8 Å². The molecule has 7 nitrogen and oxygen atoms in total. The highest BCUT2D eigenvalue weighted by molar-refractivity contribution is 5.79. The standard InChI is InChI=1S/C22H29N5O2/c1-28-20-8-6-19(7-9-20)10-14-24-22(25-15-11-21-5-2-18-29-21)23-12-3-16-27-17-4-13-26-27/h2,4-9,13,17-18H,3,10-12,14-16H2,1H3,(H2,23,24,25). The van der Waals surface area contributed by atoms with Crippen LogP contribution in [-0.2, 0) is 19.4 Å². The molecule has 2 N–H and O–H groups in total. The van der Waals surface area contributed by atoms with E-state index in [0.717, 1.165) is 62.9 Å². The number of rotatable bonds is 11. The second kappa shape index (κ2) is 11.6. The minimum atomic E-state index is 0.735. The summed E-state index contributed by atoms with van der Waals surface area (Å²) in [5.41, 5.74) is 1.26. The van der Waals surface area contributed by atoms with Gasteiger partial charge in [-0.2, -0.15) is 5.10 Å². The Morgan fingerprint density at radius 2 is 1.93 bits per heavy atom. The summed E-state index contributed by atoms with van der Waals surface area (Å²) in [6.07, 6.45) is 8.14. The van der Waals surface area contributed by atoms with Crippen molar-refractivity contribution in [2.75, 3.05) is 26.7 Å². The zero-order valence-electron chi connectivity index (χ0n) is 16.9. The molecule has 0 saturated carbocycles. The van der Waals surface area contributed by atoms with Crippen LogP contribution in [0.4, 0.5) is 0 Å². The smallest absolute Gasteiger partial charge is 0.191 e. The highest BCUT2D eigenvalue weighted by Crippen LogP contribution is 2.11. The molecule has 29 heavy (non-hydrogen) atoms. The Morgan fingerprint density at radius 3 is 2.62 bits per heavy atom. The molecule has 2 heterocycles. The third-order valence-electron chi connectivity index (χ3n) is 4.48. The van der Waals surface area contributed by atoms with Gasteiger partial charge in [-0.15, -0.1) is 0 Å². The Labute approximate surface area is 171 Å². The van der Waals surface area contributed by atoms with Crippen LogP contribution < -0.4 is 15.4 Å². The van der Waals surface area contributed by atoms with E-state index in [1.807, 2.05) is 41.2 Å². The first-order valence-electron chi connectivity index (χ1n) is 9.98. The molecule has 0 aliphatic carbocycles. The number of aliphatic imine (C=N–C) groups is 1. The third-order valence-corrected chi connectivity index (χ3v) is 4.48. The zero-order valence-corrected chi connectivity index (χ0v) is 16.9. The lowest BCUT2D eigenvalue weighted by molar-refractivity contribution is 0.414. The molecule has 0 aliphatic heterocycles. The third kappa shape index (κ3) is 7.37. The summed E-state index contributed by atoms with van der Waals surface area (Å²) in [7, 11) is 1.68. The summed E-state index contributed by atoms with van der Waals surface area (Å²) in [5.74, 6) is 2.67. The van der Waals surface area contributed by atoms with Crippen LogP contribution in [0.2, 0.25) is 0 Å². The number of aromatic nitrogens is 2. The lowest BCUT2D eigenvalue weighted by atomic mass is 10.1. The lowest BCUT2D eigenvalue weighted by Gasteiger charge is -2.12. The van der Waals surface area contributed by atoms with Crippen LogP contribution in [0.3, 0.4) is 0 Å². The maximum Gasteiger partial charge on any atom is 0.191 e. The summed E-state index contributed by atoms with van der Waals surface area (Å²) in [5, 5.41) is 11.0. The Kier molecular flexibility index (Phi) is 8.19. The number of guanidine groups is 1. The number of methoxy groups -OCH3 is 1. The van der Waals surface area contributed by atoms with Gasteiger partial charge in [-0.1, -0.05) is 12.1 Å². The summed E-state index contributed by atoms with van der Waals surface area (Å²) in [6.45, 7) is 3.17. The molecule has 1 aromatic carbocycles. The van der Waals surface area contributed by atoms with Crippen molar-refractivity contribution in [1.82, 2.24) is 20.4 Å².